The first-order chi connectivity index (χ1) is 13.0. The molecule has 0 saturated carbocycles. The summed E-state index contributed by atoms with van der Waals surface area (Å²) >= 11 is 15.8. The fourth-order valence-corrected chi connectivity index (χ4v) is 3.93. The molecule has 0 saturated heterocycles. The first kappa shape index (κ1) is 18.6. The molecular weight excluding hydrogens is 447 g/mol. The molecule has 0 bridgehead atoms. The molecule has 1 aromatic heterocycles. The van der Waals surface area contributed by atoms with E-state index in [9.17, 15) is 5.11 Å². The zero-order chi connectivity index (χ0) is 19.0. The third-order valence-corrected chi connectivity index (χ3v) is 5.57. The van der Waals surface area contributed by atoms with Crippen molar-refractivity contribution in [2.45, 2.75) is 12.6 Å². The van der Waals surface area contributed by atoms with Crippen LogP contribution < -0.4 is 5.32 Å². The van der Waals surface area contributed by atoms with Crippen molar-refractivity contribution < 1.29 is 5.11 Å². The second kappa shape index (κ2) is 7.72. The summed E-state index contributed by atoms with van der Waals surface area (Å²) in [7, 11) is 0. The average molecular weight is 464 g/mol. The zero-order valence-corrected chi connectivity index (χ0v) is 17.4. The summed E-state index contributed by atoms with van der Waals surface area (Å²) in [5, 5.41) is 17.3. The molecule has 0 spiro atoms. The van der Waals surface area contributed by atoms with Crippen LogP contribution in [0.1, 0.15) is 0 Å². The van der Waals surface area contributed by atoms with Gasteiger partial charge >= 0.3 is 0 Å². The summed E-state index contributed by atoms with van der Waals surface area (Å²) in [5.74, 6) is 0. The quantitative estimate of drug-likeness (QED) is 0.362. The first-order valence-corrected chi connectivity index (χ1v) is 10.1. The molecule has 0 unspecified atom stereocenters. The smallest absolute Gasteiger partial charge is 0.0891 e. The van der Waals surface area contributed by atoms with Crippen LogP contribution in [0.4, 0.5) is 5.69 Å². The Morgan fingerprint density at radius 3 is 2.00 bits per heavy atom. The van der Waals surface area contributed by atoms with Crippen LogP contribution in [0.3, 0.4) is 0 Å². The summed E-state index contributed by atoms with van der Waals surface area (Å²) in [6.07, 6.45) is -0.557. The van der Waals surface area contributed by atoms with Gasteiger partial charge in [0, 0.05) is 48.6 Å². The van der Waals surface area contributed by atoms with E-state index in [0.717, 1.165) is 32.0 Å². The van der Waals surface area contributed by atoms with Crippen molar-refractivity contribution in [3.8, 4) is 0 Å². The van der Waals surface area contributed by atoms with E-state index in [-0.39, 0.29) is 0 Å². The highest BCUT2D eigenvalue weighted by Gasteiger charge is 2.14. The Morgan fingerprint density at radius 2 is 1.44 bits per heavy atom. The SMILES string of the molecule is O[C@H](CNc1ccc(Br)cc1)Cn1c2ccc(Cl)cc2c2cc(Cl)ccc21. The molecule has 4 aromatic rings. The number of aromatic nitrogens is 1. The standard InChI is InChI=1S/C21H17BrCl2N2O/c22-13-1-5-16(6-2-13)25-11-17(27)12-26-20-7-3-14(23)9-18(20)19-10-15(24)4-8-21(19)26/h1-10,17,25,27H,11-12H2/t17-/m1/s1. The predicted molar refractivity (Wildman–Crippen MR) is 118 cm³/mol. The molecule has 2 N–H and O–H groups in total. The van der Waals surface area contributed by atoms with E-state index in [4.69, 9.17) is 23.2 Å². The van der Waals surface area contributed by atoms with Gasteiger partial charge in [0.05, 0.1) is 12.6 Å². The van der Waals surface area contributed by atoms with Gasteiger partial charge in [0.25, 0.3) is 0 Å². The molecule has 1 atom stereocenters. The molecule has 0 amide bonds. The van der Waals surface area contributed by atoms with E-state index in [2.05, 4.69) is 25.8 Å². The summed E-state index contributed by atoms with van der Waals surface area (Å²) in [6, 6.07) is 19.5. The molecule has 4 rings (SSSR count). The van der Waals surface area contributed by atoms with Gasteiger partial charge in [-0.15, -0.1) is 0 Å². The number of nitrogens with zero attached hydrogens (tertiary/aromatic N) is 1. The molecule has 3 nitrogen and oxygen atoms in total. The normalized spacial score (nSPS) is 12.6. The number of hydrogen-bond acceptors (Lipinski definition) is 2. The first-order valence-electron chi connectivity index (χ1n) is 8.56. The van der Waals surface area contributed by atoms with Crippen molar-refractivity contribution in [1.29, 1.82) is 0 Å². The van der Waals surface area contributed by atoms with Crippen LogP contribution >= 0.6 is 39.1 Å². The number of nitrogens with one attached hydrogen (secondary N) is 1. The lowest BCUT2D eigenvalue weighted by Crippen LogP contribution is -2.24. The van der Waals surface area contributed by atoms with Crippen molar-refractivity contribution in [3.63, 3.8) is 0 Å². The third-order valence-electron chi connectivity index (χ3n) is 4.57. The maximum Gasteiger partial charge on any atom is 0.0891 e. The summed E-state index contributed by atoms with van der Waals surface area (Å²) in [4.78, 5) is 0. The number of aliphatic hydroxyl groups is 1. The van der Waals surface area contributed by atoms with E-state index in [0.29, 0.717) is 23.1 Å². The number of fused-ring (bicyclic) bond motifs is 3. The van der Waals surface area contributed by atoms with Crippen LogP contribution in [0.2, 0.25) is 10.0 Å². The second-order valence-corrected chi connectivity index (χ2v) is 8.26. The van der Waals surface area contributed by atoms with Gasteiger partial charge in [0.2, 0.25) is 0 Å². The maximum absolute atomic E-state index is 10.6. The molecule has 0 fully saturated rings. The molecule has 27 heavy (non-hydrogen) atoms. The van der Waals surface area contributed by atoms with Crippen molar-refractivity contribution >= 4 is 66.6 Å². The predicted octanol–water partition coefficient (Wildman–Crippen LogP) is 6.34. The van der Waals surface area contributed by atoms with E-state index in [1.165, 1.54) is 0 Å². The number of anilines is 1. The molecule has 0 aliphatic heterocycles. The molecule has 0 aliphatic carbocycles. The van der Waals surface area contributed by atoms with Crippen LogP contribution in [0.15, 0.2) is 65.1 Å². The average Bonchev–Trinajstić information content (AvgIpc) is 2.94. The lowest BCUT2D eigenvalue weighted by molar-refractivity contribution is 0.169. The number of aliphatic hydroxyl groups excluding tert-OH is 1. The summed E-state index contributed by atoms with van der Waals surface area (Å²) < 4.78 is 3.14. The monoisotopic (exact) mass is 462 g/mol. The number of rotatable bonds is 5. The van der Waals surface area contributed by atoms with Gasteiger partial charge in [-0.3, -0.25) is 0 Å². The Morgan fingerprint density at radius 1 is 0.889 bits per heavy atom. The van der Waals surface area contributed by atoms with Crippen LogP contribution in [-0.4, -0.2) is 22.3 Å². The van der Waals surface area contributed by atoms with Gasteiger partial charge in [-0.05, 0) is 60.7 Å². The minimum absolute atomic E-state index is 0.448. The van der Waals surface area contributed by atoms with Crippen LogP contribution in [0.25, 0.3) is 21.8 Å². The van der Waals surface area contributed by atoms with E-state index >= 15 is 0 Å². The Kier molecular flexibility index (Phi) is 5.33. The molecule has 0 aliphatic rings. The van der Waals surface area contributed by atoms with Crippen LogP contribution in [0, 0.1) is 0 Å². The molecule has 138 valence electrons. The number of benzene rings is 3. The Balaban J connectivity index is 1.63. The zero-order valence-electron chi connectivity index (χ0n) is 14.3. The van der Waals surface area contributed by atoms with Gasteiger partial charge in [0.15, 0.2) is 0 Å². The van der Waals surface area contributed by atoms with Crippen molar-refractivity contribution in [2.75, 3.05) is 11.9 Å². The Labute approximate surface area is 175 Å². The van der Waals surface area contributed by atoms with Crippen molar-refractivity contribution in [3.05, 3.63) is 75.2 Å². The van der Waals surface area contributed by atoms with Gasteiger partial charge in [-0.1, -0.05) is 39.1 Å². The van der Waals surface area contributed by atoms with Crippen molar-refractivity contribution in [1.82, 2.24) is 4.57 Å². The van der Waals surface area contributed by atoms with Gasteiger partial charge in [-0.2, -0.15) is 0 Å². The molecule has 6 heteroatoms. The lowest BCUT2D eigenvalue weighted by atomic mass is 10.1. The Hall–Kier alpha value is -1.72. The minimum atomic E-state index is -0.557. The van der Waals surface area contributed by atoms with Crippen LogP contribution in [0.5, 0.6) is 0 Å². The maximum atomic E-state index is 10.6. The fraction of sp³-hybridized carbons (Fsp3) is 0.143. The van der Waals surface area contributed by atoms with E-state index in [1.54, 1.807) is 0 Å². The van der Waals surface area contributed by atoms with Gasteiger partial charge in [-0.25, -0.2) is 0 Å². The largest absolute Gasteiger partial charge is 0.389 e. The molecule has 0 radical (unpaired) electrons. The highest BCUT2D eigenvalue weighted by Crippen LogP contribution is 2.33. The molecular formula is C21H17BrCl2N2O. The molecule has 1 heterocycles. The topological polar surface area (TPSA) is 37.2 Å². The minimum Gasteiger partial charge on any atom is -0.389 e. The number of hydrogen-bond donors (Lipinski definition) is 2. The van der Waals surface area contributed by atoms with Gasteiger partial charge in [0.1, 0.15) is 0 Å². The summed E-state index contributed by atoms with van der Waals surface area (Å²) in [6.45, 7) is 0.913. The van der Waals surface area contributed by atoms with Crippen LogP contribution in [-0.2, 0) is 6.54 Å². The van der Waals surface area contributed by atoms with Crippen molar-refractivity contribution in [2.24, 2.45) is 0 Å². The highest BCUT2D eigenvalue weighted by molar-refractivity contribution is 9.10. The second-order valence-electron chi connectivity index (χ2n) is 6.48. The van der Waals surface area contributed by atoms with E-state index in [1.807, 2.05) is 60.7 Å². The number of halogens is 3. The Bertz CT molecular complexity index is 1050. The van der Waals surface area contributed by atoms with E-state index < -0.39 is 6.10 Å². The molecule has 3 aromatic carbocycles. The van der Waals surface area contributed by atoms with Gasteiger partial charge < -0.3 is 15.0 Å². The third kappa shape index (κ3) is 3.94. The fourth-order valence-electron chi connectivity index (χ4n) is 3.32. The summed E-state index contributed by atoms with van der Waals surface area (Å²) in [5.41, 5.74) is 3.02. The highest BCUT2D eigenvalue weighted by atomic mass is 79.9. The lowest BCUT2D eigenvalue weighted by Gasteiger charge is -2.15.